The molecule has 0 saturated carbocycles. The van der Waals surface area contributed by atoms with Crippen LogP contribution in [0.15, 0.2) is 0 Å². The minimum Gasteiger partial charge on any atom is -0.396 e. The number of unbranched alkanes of at least 4 members (excludes halogenated alkanes) is 13. The van der Waals surface area contributed by atoms with Gasteiger partial charge in [0.05, 0.1) is 31.8 Å². The standard InChI is InChI=1S/C22H44O4/c1-2-3-4-5-6-7-8-9-10-11-12-13-14-15-16-24-18-22(17-23)19-25-21-26-20-22/h23H,2-21H2,1H3. The smallest absolute Gasteiger partial charge is 0.146 e. The summed E-state index contributed by atoms with van der Waals surface area (Å²) in [6.45, 7) is 5.04. The van der Waals surface area contributed by atoms with Crippen molar-refractivity contribution in [2.75, 3.05) is 39.8 Å². The van der Waals surface area contributed by atoms with Crippen molar-refractivity contribution in [2.45, 2.75) is 96.8 Å². The molecule has 1 fully saturated rings. The molecule has 1 N–H and O–H groups in total. The molecule has 1 aliphatic heterocycles. The fraction of sp³-hybridized carbons (Fsp3) is 1.00. The average Bonchev–Trinajstić information content (AvgIpc) is 2.68. The fourth-order valence-electron chi connectivity index (χ4n) is 3.52. The molecule has 0 atom stereocenters. The van der Waals surface area contributed by atoms with Crippen LogP contribution in [0.4, 0.5) is 0 Å². The molecule has 0 aliphatic carbocycles. The number of hydrogen-bond donors (Lipinski definition) is 1. The Labute approximate surface area is 162 Å². The highest BCUT2D eigenvalue weighted by Crippen LogP contribution is 2.22. The first-order chi connectivity index (χ1) is 12.8. The Hall–Kier alpha value is -0.160. The molecule has 0 radical (unpaired) electrons. The highest BCUT2D eigenvalue weighted by atomic mass is 16.7. The summed E-state index contributed by atoms with van der Waals surface area (Å²) in [5, 5.41) is 9.53. The molecular weight excluding hydrogens is 328 g/mol. The lowest BCUT2D eigenvalue weighted by molar-refractivity contribution is -0.192. The lowest BCUT2D eigenvalue weighted by Crippen LogP contribution is -2.44. The zero-order chi connectivity index (χ0) is 18.8. The summed E-state index contributed by atoms with van der Waals surface area (Å²) >= 11 is 0. The summed E-state index contributed by atoms with van der Waals surface area (Å²) in [5.41, 5.74) is -0.353. The van der Waals surface area contributed by atoms with Gasteiger partial charge in [-0.05, 0) is 6.42 Å². The summed E-state index contributed by atoms with van der Waals surface area (Å²) in [4.78, 5) is 0. The first-order valence-electron chi connectivity index (χ1n) is 11.2. The maximum atomic E-state index is 9.53. The second-order valence-electron chi connectivity index (χ2n) is 8.12. The minimum absolute atomic E-state index is 0.0613. The van der Waals surface area contributed by atoms with Crippen molar-refractivity contribution in [3.05, 3.63) is 0 Å². The highest BCUT2D eigenvalue weighted by molar-refractivity contribution is 4.79. The number of ether oxygens (including phenoxy) is 3. The van der Waals surface area contributed by atoms with Crippen LogP contribution in [0.5, 0.6) is 0 Å². The van der Waals surface area contributed by atoms with E-state index in [1.165, 1.54) is 83.5 Å². The van der Waals surface area contributed by atoms with Crippen LogP contribution in [0.25, 0.3) is 0 Å². The molecule has 1 rings (SSSR count). The van der Waals surface area contributed by atoms with Crippen LogP contribution >= 0.6 is 0 Å². The third-order valence-corrected chi connectivity index (χ3v) is 5.37. The van der Waals surface area contributed by atoms with Gasteiger partial charge in [0, 0.05) is 6.61 Å². The number of aliphatic hydroxyl groups is 1. The van der Waals surface area contributed by atoms with Crippen molar-refractivity contribution in [3.63, 3.8) is 0 Å². The van der Waals surface area contributed by atoms with Gasteiger partial charge in [-0.2, -0.15) is 0 Å². The van der Waals surface area contributed by atoms with Crippen LogP contribution < -0.4 is 0 Å². The van der Waals surface area contributed by atoms with Crippen molar-refractivity contribution in [1.82, 2.24) is 0 Å². The molecule has 1 heterocycles. The van der Waals surface area contributed by atoms with E-state index in [0.717, 1.165) is 13.0 Å². The van der Waals surface area contributed by atoms with Gasteiger partial charge < -0.3 is 19.3 Å². The van der Waals surface area contributed by atoms with Gasteiger partial charge in [-0.1, -0.05) is 90.4 Å². The molecule has 0 bridgehead atoms. The van der Waals surface area contributed by atoms with Gasteiger partial charge in [0.2, 0.25) is 0 Å². The van der Waals surface area contributed by atoms with Crippen molar-refractivity contribution < 1.29 is 19.3 Å². The van der Waals surface area contributed by atoms with Gasteiger partial charge >= 0.3 is 0 Å². The van der Waals surface area contributed by atoms with E-state index in [-0.39, 0.29) is 12.0 Å². The second-order valence-corrected chi connectivity index (χ2v) is 8.12. The van der Waals surface area contributed by atoms with Crippen LogP contribution in [0.3, 0.4) is 0 Å². The first kappa shape index (κ1) is 23.9. The van der Waals surface area contributed by atoms with Crippen LogP contribution in [-0.4, -0.2) is 44.9 Å². The Kier molecular flexibility index (Phi) is 15.6. The van der Waals surface area contributed by atoms with E-state index < -0.39 is 0 Å². The van der Waals surface area contributed by atoms with Crippen molar-refractivity contribution in [2.24, 2.45) is 5.41 Å². The summed E-state index contributed by atoms with van der Waals surface area (Å²) in [6.07, 6.45) is 19.2. The normalized spacial score (nSPS) is 16.8. The van der Waals surface area contributed by atoms with Crippen molar-refractivity contribution in [3.8, 4) is 0 Å². The van der Waals surface area contributed by atoms with Crippen LogP contribution in [0.2, 0.25) is 0 Å². The molecule has 0 aromatic rings. The quantitative estimate of drug-likeness (QED) is 0.324. The Bertz CT molecular complexity index is 290. The molecule has 26 heavy (non-hydrogen) atoms. The van der Waals surface area contributed by atoms with Gasteiger partial charge in [-0.25, -0.2) is 0 Å². The van der Waals surface area contributed by atoms with Crippen molar-refractivity contribution >= 4 is 0 Å². The van der Waals surface area contributed by atoms with E-state index in [0.29, 0.717) is 26.6 Å². The number of aliphatic hydroxyl groups excluding tert-OH is 1. The molecule has 0 aromatic heterocycles. The molecule has 1 aliphatic rings. The molecule has 0 unspecified atom stereocenters. The third-order valence-electron chi connectivity index (χ3n) is 5.37. The maximum Gasteiger partial charge on any atom is 0.146 e. The fourth-order valence-corrected chi connectivity index (χ4v) is 3.52. The van der Waals surface area contributed by atoms with Crippen molar-refractivity contribution in [1.29, 1.82) is 0 Å². The van der Waals surface area contributed by atoms with Gasteiger partial charge in [0.25, 0.3) is 0 Å². The second kappa shape index (κ2) is 17.0. The van der Waals surface area contributed by atoms with Crippen LogP contribution in [-0.2, 0) is 14.2 Å². The molecular formula is C22H44O4. The van der Waals surface area contributed by atoms with E-state index >= 15 is 0 Å². The molecule has 0 amide bonds. The predicted molar refractivity (Wildman–Crippen MR) is 107 cm³/mol. The maximum absolute atomic E-state index is 9.53. The van der Waals surface area contributed by atoms with Gasteiger partial charge in [-0.3, -0.25) is 0 Å². The lowest BCUT2D eigenvalue weighted by atomic mass is 9.92. The average molecular weight is 373 g/mol. The Morgan fingerprint density at radius 3 is 1.65 bits per heavy atom. The van der Waals surface area contributed by atoms with Crippen LogP contribution in [0.1, 0.15) is 96.8 Å². The van der Waals surface area contributed by atoms with Gasteiger partial charge in [-0.15, -0.1) is 0 Å². The van der Waals surface area contributed by atoms with E-state index in [1.54, 1.807) is 0 Å². The summed E-state index contributed by atoms with van der Waals surface area (Å²) < 4.78 is 16.3. The first-order valence-corrected chi connectivity index (χ1v) is 11.2. The van der Waals surface area contributed by atoms with E-state index in [2.05, 4.69) is 6.92 Å². The van der Waals surface area contributed by atoms with Gasteiger partial charge in [0.15, 0.2) is 0 Å². The van der Waals surface area contributed by atoms with E-state index in [9.17, 15) is 5.11 Å². The monoisotopic (exact) mass is 372 g/mol. The Morgan fingerprint density at radius 2 is 1.19 bits per heavy atom. The lowest BCUT2D eigenvalue weighted by Gasteiger charge is -2.34. The SMILES string of the molecule is CCCCCCCCCCCCCCCCOCC1(CO)COCOC1. The largest absolute Gasteiger partial charge is 0.396 e. The number of rotatable bonds is 18. The van der Waals surface area contributed by atoms with Crippen LogP contribution in [0, 0.1) is 5.41 Å². The summed E-state index contributed by atoms with van der Waals surface area (Å²) in [6, 6.07) is 0. The molecule has 0 spiro atoms. The Balaban J connectivity index is 1.77. The Morgan fingerprint density at radius 1 is 0.731 bits per heavy atom. The molecule has 4 heteroatoms. The molecule has 1 saturated heterocycles. The van der Waals surface area contributed by atoms with Gasteiger partial charge in [0.1, 0.15) is 6.79 Å². The van der Waals surface area contributed by atoms with E-state index in [1.807, 2.05) is 0 Å². The summed E-state index contributed by atoms with van der Waals surface area (Å²) in [7, 11) is 0. The highest BCUT2D eigenvalue weighted by Gasteiger charge is 2.33. The molecule has 4 nitrogen and oxygen atoms in total. The predicted octanol–water partition coefficient (Wildman–Crippen LogP) is 5.47. The molecule has 0 aromatic carbocycles. The minimum atomic E-state index is -0.353. The third kappa shape index (κ3) is 12.3. The summed E-state index contributed by atoms with van der Waals surface area (Å²) in [5.74, 6) is 0. The molecule has 156 valence electrons. The zero-order valence-corrected chi connectivity index (χ0v) is 17.3. The topological polar surface area (TPSA) is 47.9 Å². The zero-order valence-electron chi connectivity index (χ0n) is 17.3. The number of hydrogen-bond acceptors (Lipinski definition) is 4. The van der Waals surface area contributed by atoms with E-state index in [4.69, 9.17) is 14.2 Å².